The molecule has 0 spiro atoms. The number of hydrogen-bond acceptors (Lipinski definition) is 4. The molecule has 1 N–H and O–H groups in total. The average Bonchev–Trinajstić information content (AvgIpc) is 2.91. The summed E-state index contributed by atoms with van der Waals surface area (Å²) in [6.07, 6.45) is 5.02. The first-order valence-electron chi connectivity index (χ1n) is 6.43. The molecular weight excluding hydrogens is 248 g/mol. The lowest BCUT2D eigenvalue weighted by molar-refractivity contribution is -0.155. The molecule has 1 aromatic heterocycles. The number of aromatic nitrogens is 3. The smallest absolute Gasteiger partial charge is 0.311 e. The SMILES string of the molecule is CCC1(C(=O)O)CCCN(C(=O)Cn2ccnn2)C1. The van der Waals surface area contributed by atoms with Gasteiger partial charge < -0.3 is 10.0 Å². The van der Waals surface area contributed by atoms with Gasteiger partial charge in [-0.2, -0.15) is 0 Å². The van der Waals surface area contributed by atoms with E-state index in [1.165, 1.54) is 10.9 Å². The molecule has 1 aliphatic heterocycles. The van der Waals surface area contributed by atoms with E-state index in [0.717, 1.165) is 6.42 Å². The first kappa shape index (κ1) is 13.5. The minimum absolute atomic E-state index is 0.107. The maximum Gasteiger partial charge on any atom is 0.311 e. The summed E-state index contributed by atoms with van der Waals surface area (Å²) in [5.41, 5.74) is -0.795. The van der Waals surface area contributed by atoms with Crippen molar-refractivity contribution in [3.05, 3.63) is 12.4 Å². The number of amides is 1. The van der Waals surface area contributed by atoms with Gasteiger partial charge >= 0.3 is 5.97 Å². The van der Waals surface area contributed by atoms with E-state index < -0.39 is 11.4 Å². The van der Waals surface area contributed by atoms with Gasteiger partial charge in [-0.15, -0.1) is 5.10 Å². The molecule has 19 heavy (non-hydrogen) atoms. The van der Waals surface area contributed by atoms with E-state index in [1.807, 2.05) is 6.92 Å². The molecule has 104 valence electrons. The maximum atomic E-state index is 12.1. The molecule has 1 atom stereocenters. The fourth-order valence-corrected chi connectivity index (χ4v) is 2.51. The van der Waals surface area contributed by atoms with Crippen LogP contribution in [0.25, 0.3) is 0 Å². The Morgan fingerprint density at radius 1 is 1.47 bits per heavy atom. The summed E-state index contributed by atoms with van der Waals surface area (Å²) in [4.78, 5) is 25.2. The first-order chi connectivity index (χ1) is 9.07. The molecule has 0 saturated carbocycles. The van der Waals surface area contributed by atoms with Crippen molar-refractivity contribution in [2.24, 2.45) is 5.41 Å². The van der Waals surface area contributed by atoms with Crippen molar-refractivity contribution in [1.82, 2.24) is 19.9 Å². The number of carbonyl (C=O) groups is 2. The van der Waals surface area contributed by atoms with Gasteiger partial charge in [-0.05, 0) is 19.3 Å². The van der Waals surface area contributed by atoms with Gasteiger partial charge in [0, 0.05) is 19.3 Å². The van der Waals surface area contributed by atoms with Crippen molar-refractivity contribution in [1.29, 1.82) is 0 Å². The van der Waals surface area contributed by atoms with Crippen LogP contribution in [0.3, 0.4) is 0 Å². The Morgan fingerprint density at radius 3 is 2.84 bits per heavy atom. The maximum absolute atomic E-state index is 12.1. The van der Waals surface area contributed by atoms with Crippen LogP contribution in [0.5, 0.6) is 0 Å². The zero-order valence-corrected chi connectivity index (χ0v) is 10.9. The Labute approximate surface area is 111 Å². The monoisotopic (exact) mass is 266 g/mol. The molecule has 2 heterocycles. The average molecular weight is 266 g/mol. The van der Waals surface area contributed by atoms with Gasteiger partial charge in [0.05, 0.1) is 11.6 Å². The van der Waals surface area contributed by atoms with Gasteiger partial charge in [-0.25, -0.2) is 4.68 Å². The van der Waals surface area contributed by atoms with E-state index in [0.29, 0.717) is 19.4 Å². The zero-order valence-electron chi connectivity index (χ0n) is 10.9. The van der Waals surface area contributed by atoms with Crippen molar-refractivity contribution < 1.29 is 14.7 Å². The van der Waals surface area contributed by atoms with Crippen LogP contribution in [0, 0.1) is 5.41 Å². The molecule has 1 aromatic rings. The van der Waals surface area contributed by atoms with Crippen molar-refractivity contribution in [3.8, 4) is 0 Å². The second-order valence-corrected chi connectivity index (χ2v) is 4.96. The normalized spacial score (nSPS) is 23.3. The molecule has 1 fully saturated rings. The number of carboxylic acids is 1. The molecule has 2 rings (SSSR count). The van der Waals surface area contributed by atoms with Crippen LogP contribution in [-0.4, -0.2) is 50.0 Å². The standard InChI is InChI=1S/C12H18N4O3/c1-2-12(11(18)19)4-3-6-15(9-12)10(17)8-16-7-5-13-14-16/h5,7H,2-4,6,8-9H2,1H3,(H,18,19). The van der Waals surface area contributed by atoms with Crippen LogP contribution in [0.1, 0.15) is 26.2 Å². The fraction of sp³-hybridized carbons (Fsp3) is 0.667. The third-order valence-corrected chi connectivity index (χ3v) is 3.83. The van der Waals surface area contributed by atoms with E-state index in [9.17, 15) is 14.7 Å². The molecule has 1 saturated heterocycles. The topological polar surface area (TPSA) is 88.3 Å². The Balaban J connectivity index is 2.04. The summed E-state index contributed by atoms with van der Waals surface area (Å²) >= 11 is 0. The molecule has 1 aliphatic rings. The van der Waals surface area contributed by atoms with E-state index in [-0.39, 0.29) is 19.0 Å². The summed E-state index contributed by atoms with van der Waals surface area (Å²) in [6, 6.07) is 0. The Hall–Kier alpha value is -1.92. The van der Waals surface area contributed by atoms with Crippen LogP contribution in [0.2, 0.25) is 0 Å². The summed E-state index contributed by atoms with van der Waals surface area (Å²) in [7, 11) is 0. The Morgan fingerprint density at radius 2 is 2.26 bits per heavy atom. The van der Waals surface area contributed by atoms with Crippen LogP contribution >= 0.6 is 0 Å². The number of nitrogens with zero attached hydrogens (tertiary/aromatic N) is 4. The van der Waals surface area contributed by atoms with Gasteiger partial charge in [0.25, 0.3) is 0 Å². The van der Waals surface area contributed by atoms with Gasteiger partial charge in [-0.1, -0.05) is 12.1 Å². The van der Waals surface area contributed by atoms with Gasteiger partial charge in [0.15, 0.2) is 0 Å². The number of aliphatic carboxylic acids is 1. The minimum atomic E-state index is -0.812. The van der Waals surface area contributed by atoms with Crippen molar-refractivity contribution in [2.45, 2.75) is 32.7 Å². The zero-order chi connectivity index (χ0) is 13.9. The highest BCUT2D eigenvalue weighted by atomic mass is 16.4. The van der Waals surface area contributed by atoms with Gasteiger partial charge in [0.1, 0.15) is 6.54 Å². The third kappa shape index (κ3) is 2.74. The number of carboxylic acid groups (broad SMARTS) is 1. The molecule has 0 aromatic carbocycles. The number of hydrogen-bond donors (Lipinski definition) is 1. The third-order valence-electron chi connectivity index (χ3n) is 3.83. The predicted molar refractivity (Wildman–Crippen MR) is 66.2 cm³/mol. The van der Waals surface area contributed by atoms with Crippen molar-refractivity contribution in [2.75, 3.05) is 13.1 Å². The number of carbonyl (C=O) groups excluding carboxylic acids is 1. The number of piperidine rings is 1. The first-order valence-corrected chi connectivity index (χ1v) is 6.43. The van der Waals surface area contributed by atoms with Crippen LogP contribution in [0.15, 0.2) is 12.4 Å². The highest BCUT2D eigenvalue weighted by molar-refractivity contribution is 5.79. The van der Waals surface area contributed by atoms with Gasteiger partial charge in [0.2, 0.25) is 5.91 Å². The molecule has 0 aliphatic carbocycles. The molecule has 7 nitrogen and oxygen atoms in total. The van der Waals surface area contributed by atoms with E-state index in [1.54, 1.807) is 11.1 Å². The van der Waals surface area contributed by atoms with Crippen LogP contribution < -0.4 is 0 Å². The summed E-state index contributed by atoms with van der Waals surface area (Å²) in [5.74, 6) is -0.919. The molecule has 0 radical (unpaired) electrons. The van der Waals surface area contributed by atoms with Crippen molar-refractivity contribution >= 4 is 11.9 Å². The lowest BCUT2D eigenvalue weighted by atomic mass is 9.77. The lowest BCUT2D eigenvalue weighted by Gasteiger charge is -2.39. The van der Waals surface area contributed by atoms with E-state index >= 15 is 0 Å². The highest BCUT2D eigenvalue weighted by Gasteiger charge is 2.42. The number of rotatable bonds is 4. The second kappa shape index (κ2) is 5.38. The van der Waals surface area contributed by atoms with E-state index in [4.69, 9.17) is 0 Å². The quantitative estimate of drug-likeness (QED) is 0.851. The highest BCUT2D eigenvalue weighted by Crippen LogP contribution is 2.33. The molecule has 0 bridgehead atoms. The van der Waals surface area contributed by atoms with Crippen LogP contribution in [0.4, 0.5) is 0 Å². The number of likely N-dealkylation sites (tertiary alicyclic amines) is 1. The summed E-state index contributed by atoms with van der Waals surface area (Å²) in [6.45, 7) is 2.87. The largest absolute Gasteiger partial charge is 0.481 e. The van der Waals surface area contributed by atoms with Crippen molar-refractivity contribution in [3.63, 3.8) is 0 Å². The van der Waals surface area contributed by atoms with Gasteiger partial charge in [-0.3, -0.25) is 9.59 Å². The second-order valence-electron chi connectivity index (χ2n) is 4.96. The summed E-state index contributed by atoms with van der Waals surface area (Å²) < 4.78 is 1.45. The Kier molecular flexibility index (Phi) is 3.82. The molecular formula is C12H18N4O3. The van der Waals surface area contributed by atoms with Crippen LogP contribution in [-0.2, 0) is 16.1 Å². The predicted octanol–water partition coefficient (Wildman–Crippen LogP) is 0.381. The molecule has 1 unspecified atom stereocenters. The lowest BCUT2D eigenvalue weighted by Crippen LogP contribution is -2.50. The molecule has 7 heteroatoms. The molecule has 1 amide bonds. The minimum Gasteiger partial charge on any atom is -0.481 e. The summed E-state index contributed by atoms with van der Waals surface area (Å²) in [5, 5.41) is 16.8. The fourth-order valence-electron chi connectivity index (χ4n) is 2.51. The Bertz CT molecular complexity index is 460. The van der Waals surface area contributed by atoms with E-state index in [2.05, 4.69) is 10.3 Å².